The molecule has 0 aliphatic carbocycles. The number of carbonyl (C=O) groups is 2. The fraction of sp³-hybridized carbons (Fsp3) is 0.250. The SMILES string of the molecule is CCCNC(=O)c1ccccc1NC(=O)c1cc(-c2cc(C)oc2C)nc2onc(C)c12. The smallest absolute Gasteiger partial charge is 0.259 e. The number of amides is 2. The van der Waals surface area contributed by atoms with Crippen molar-refractivity contribution in [3.63, 3.8) is 0 Å². The molecule has 0 fully saturated rings. The Labute approximate surface area is 185 Å². The van der Waals surface area contributed by atoms with E-state index in [4.69, 9.17) is 8.94 Å². The molecule has 4 aromatic rings. The summed E-state index contributed by atoms with van der Waals surface area (Å²) in [5.74, 6) is 0.800. The molecule has 0 aliphatic rings. The number of nitrogens with one attached hydrogen (secondary N) is 2. The first kappa shape index (κ1) is 21.3. The molecule has 0 radical (unpaired) electrons. The number of rotatable bonds is 6. The molecule has 3 aromatic heterocycles. The molecule has 2 amide bonds. The summed E-state index contributed by atoms with van der Waals surface area (Å²) in [7, 11) is 0. The zero-order valence-corrected chi connectivity index (χ0v) is 18.4. The second kappa shape index (κ2) is 8.66. The summed E-state index contributed by atoms with van der Waals surface area (Å²) in [4.78, 5) is 30.5. The maximum absolute atomic E-state index is 13.4. The fourth-order valence-electron chi connectivity index (χ4n) is 3.61. The molecule has 2 N–H and O–H groups in total. The number of benzene rings is 1. The van der Waals surface area contributed by atoms with Crippen LogP contribution in [0, 0.1) is 20.8 Å². The van der Waals surface area contributed by atoms with Gasteiger partial charge < -0.3 is 19.6 Å². The van der Waals surface area contributed by atoms with Crippen molar-refractivity contribution in [1.29, 1.82) is 0 Å². The Kier molecular flexibility index (Phi) is 5.77. The van der Waals surface area contributed by atoms with Gasteiger partial charge in [0.25, 0.3) is 17.5 Å². The summed E-state index contributed by atoms with van der Waals surface area (Å²) in [6.07, 6.45) is 0.817. The van der Waals surface area contributed by atoms with Crippen LogP contribution in [0.2, 0.25) is 0 Å². The third-order valence-electron chi connectivity index (χ3n) is 5.13. The van der Waals surface area contributed by atoms with Crippen molar-refractivity contribution < 1.29 is 18.5 Å². The topological polar surface area (TPSA) is 110 Å². The van der Waals surface area contributed by atoms with Crippen LogP contribution in [0.15, 0.2) is 45.3 Å². The molecule has 0 unspecified atom stereocenters. The Bertz CT molecular complexity index is 1320. The van der Waals surface area contributed by atoms with Crippen molar-refractivity contribution >= 4 is 28.6 Å². The Morgan fingerprint density at radius 2 is 1.81 bits per heavy atom. The Balaban J connectivity index is 1.76. The van der Waals surface area contributed by atoms with Crippen LogP contribution >= 0.6 is 0 Å². The molecule has 3 heterocycles. The highest BCUT2D eigenvalue weighted by Gasteiger charge is 2.22. The molecule has 32 heavy (non-hydrogen) atoms. The lowest BCUT2D eigenvalue weighted by Crippen LogP contribution is -2.25. The third-order valence-corrected chi connectivity index (χ3v) is 5.13. The molecule has 0 spiro atoms. The predicted molar refractivity (Wildman–Crippen MR) is 121 cm³/mol. The minimum absolute atomic E-state index is 0.242. The highest BCUT2D eigenvalue weighted by atomic mass is 16.5. The van der Waals surface area contributed by atoms with Gasteiger partial charge in [0.1, 0.15) is 11.5 Å². The zero-order chi connectivity index (χ0) is 22.8. The van der Waals surface area contributed by atoms with Crippen LogP contribution in [0.4, 0.5) is 5.69 Å². The summed E-state index contributed by atoms with van der Waals surface area (Å²) in [5, 5.41) is 10.2. The van der Waals surface area contributed by atoms with Crippen molar-refractivity contribution in [3.8, 4) is 11.3 Å². The molecule has 0 aliphatic heterocycles. The third kappa shape index (κ3) is 3.99. The minimum Gasteiger partial charge on any atom is -0.466 e. The molecular formula is C24H24N4O4. The highest BCUT2D eigenvalue weighted by Crippen LogP contribution is 2.31. The highest BCUT2D eigenvalue weighted by molar-refractivity contribution is 6.15. The van der Waals surface area contributed by atoms with E-state index in [2.05, 4.69) is 20.8 Å². The largest absolute Gasteiger partial charge is 0.466 e. The first-order chi connectivity index (χ1) is 15.4. The van der Waals surface area contributed by atoms with Gasteiger partial charge in [0, 0.05) is 12.1 Å². The van der Waals surface area contributed by atoms with Gasteiger partial charge in [-0.1, -0.05) is 24.2 Å². The maximum atomic E-state index is 13.4. The van der Waals surface area contributed by atoms with Gasteiger partial charge in [0.2, 0.25) is 0 Å². The van der Waals surface area contributed by atoms with E-state index in [0.29, 0.717) is 45.9 Å². The molecule has 0 saturated carbocycles. The molecule has 1 aromatic carbocycles. The monoisotopic (exact) mass is 432 g/mol. The minimum atomic E-state index is -0.390. The quantitative estimate of drug-likeness (QED) is 0.453. The van der Waals surface area contributed by atoms with E-state index in [1.807, 2.05) is 26.8 Å². The summed E-state index contributed by atoms with van der Waals surface area (Å²) >= 11 is 0. The maximum Gasteiger partial charge on any atom is 0.259 e. The normalized spacial score (nSPS) is 11.0. The summed E-state index contributed by atoms with van der Waals surface area (Å²) < 4.78 is 11.0. The lowest BCUT2D eigenvalue weighted by atomic mass is 10.0. The Hall–Kier alpha value is -3.94. The summed E-state index contributed by atoms with van der Waals surface area (Å²) in [5.41, 5.74) is 3.29. The Morgan fingerprint density at radius 3 is 2.53 bits per heavy atom. The molecular weight excluding hydrogens is 408 g/mol. The first-order valence-electron chi connectivity index (χ1n) is 10.4. The van der Waals surface area contributed by atoms with Crippen LogP contribution in [0.1, 0.15) is 51.3 Å². The van der Waals surface area contributed by atoms with Crippen LogP contribution in [0.25, 0.3) is 22.4 Å². The van der Waals surface area contributed by atoms with E-state index in [1.54, 1.807) is 37.3 Å². The fourth-order valence-corrected chi connectivity index (χ4v) is 3.61. The van der Waals surface area contributed by atoms with Gasteiger partial charge in [-0.25, -0.2) is 4.98 Å². The first-order valence-corrected chi connectivity index (χ1v) is 10.4. The number of anilines is 1. The zero-order valence-electron chi connectivity index (χ0n) is 18.4. The number of para-hydroxylation sites is 1. The number of fused-ring (bicyclic) bond motifs is 1. The number of aromatic nitrogens is 2. The van der Waals surface area contributed by atoms with Crippen LogP contribution in [0.5, 0.6) is 0 Å². The van der Waals surface area contributed by atoms with Gasteiger partial charge in [-0.3, -0.25) is 9.59 Å². The lowest BCUT2D eigenvalue weighted by Gasteiger charge is -2.12. The van der Waals surface area contributed by atoms with Crippen molar-refractivity contribution in [2.45, 2.75) is 34.1 Å². The predicted octanol–water partition coefficient (Wildman–Crippen LogP) is 4.80. The van der Waals surface area contributed by atoms with Crippen LogP contribution in [-0.2, 0) is 0 Å². The second-order valence-corrected chi connectivity index (χ2v) is 7.59. The average Bonchev–Trinajstić information content (AvgIpc) is 3.32. The molecule has 0 bridgehead atoms. The number of hydrogen-bond acceptors (Lipinski definition) is 6. The molecule has 164 valence electrons. The van der Waals surface area contributed by atoms with Crippen LogP contribution in [0.3, 0.4) is 0 Å². The summed E-state index contributed by atoms with van der Waals surface area (Å²) in [6, 6.07) is 10.5. The lowest BCUT2D eigenvalue weighted by molar-refractivity contribution is 0.0954. The molecule has 0 saturated heterocycles. The number of carbonyl (C=O) groups excluding carboxylic acids is 2. The van der Waals surface area contributed by atoms with E-state index in [9.17, 15) is 9.59 Å². The van der Waals surface area contributed by atoms with Crippen molar-refractivity contribution in [3.05, 3.63) is 64.7 Å². The van der Waals surface area contributed by atoms with Gasteiger partial charge in [-0.15, -0.1) is 0 Å². The Morgan fingerprint density at radius 1 is 1.03 bits per heavy atom. The van der Waals surface area contributed by atoms with Crippen molar-refractivity contribution in [1.82, 2.24) is 15.5 Å². The second-order valence-electron chi connectivity index (χ2n) is 7.59. The van der Waals surface area contributed by atoms with Gasteiger partial charge in [0.05, 0.1) is 33.6 Å². The molecule has 8 nitrogen and oxygen atoms in total. The van der Waals surface area contributed by atoms with Crippen LogP contribution in [-0.4, -0.2) is 28.5 Å². The standard InChI is InChI=1S/C24H24N4O4/c1-5-10-25-22(29)16-8-6-7-9-19(16)26-23(30)18-12-20(17-11-13(2)31-15(17)4)27-24-21(18)14(3)28-32-24/h6-9,11-12H,5,10H2,1-4H3,(H,25,29)(H,26,30). The van der Waals surface area contributed by atoms with Gasteiger partial charge in [-0.05, 0) is 51.5 Å². The number of furan rings is 1. The van der Waals surface area contributed by atoms with Gasteiger partial charge in [0.15, 0.2) is 0 Å². The molecule has 0 atom stereocenters. The molecule has 4 rings (SSSR count). The molecule has 8 heteroatoms. The van der Waals surface area contributed by atoms with E-state index < -0.39 is 5.91 Å². The van der Waals surface area contributed by atoms with Gasteiger partial charge in [-0.2, -0.15) is 0 Å². The number of hydrogen-bond donors (Lipinski definition) is 2. The average molecular weight is 432 g/mol. The van der Waals surface area contributed by atoms with Gasteiger partial charge >= 0.3 is 0 Å². The van der Waals surface area contributed by atoms with Crippen LogP contribution < -0.4 is 10.6 Å². The van der Waals surface area contributed by atoms with E-state index in [-0.39, 0.29) is 11.6 Å². The number of nitrogens with zero attached hydrogens (tertiary/aromatic N) is 2. The van der Waals surface area contributed by atoms with E-state index in [1.165, 1.54) is 0 Å². The number of pyridine rings is 1. The van der Waals surface area contributed by atoms with Crippen molar-refractivity contribution in [2.75, 3.05) is 11.9 Å². The number of aryl methyl sites for hydroxylation is 3. The van der Waals surface area contributed by atoms with E-state index >= 15 is 0 Å². The van der Waals surface area contributed by atoms with Crippen molar-refractivity contribution in [2.24, 2.45) is 0 Å². The van der Waals surface area contributed by atoms with E-state index in [0.717, 1.165) is 17.7 Å². The summed E-state index contributed by atoms with van der Waals surface area (Å²) in [6.45, 7) is 7.97.